The van der Waals surface area contributed by atoms with E-state index in [9.17, 15) is 9.59 Å². The molecule has 9 nitrogen and oxygen atoms in total. The van der Waals surface area contributed by atoms with Crippen LogP contribution in [0.4, 0.5) is 10.1 Å². The highest BCUT2D eigenvalue weighted by Gasteiger charge is 2.39. The number of aromatic nitrogens is 4. The zero-order chi connectivity index (χ0) is 33.3. The van der Waals surface area contributed by atoms with E-state index < -0.39 is 11.4 Å². The summed E-state index contributed by atoms with van der Waals surface area (Å²) in [6.45, 7) is 14.5. The average molecular weight is 655 g/mol. The lowest BCUT2D eigenvalue weighted by molar-refractivity contribution is -0.128. The van der Waals surface area contributed by atoms with Crippen LogP contribution in [-0.4, -0.2) is 62.3 Å². The number of hydrogen-bond acceptors (Lipinski definition) is 6. The molecular weight excluding hydrogens is 619 g/mol. The van der Waals surface area contributed by atoms with Crippen molar-refractivity contribution in [3.63, 3.8) is 0 Å². The van der Waals surface area contributed by atoms with Gasteiger partial charge in [0, 0.05) is 53.6 Å². The third-order valence-electron chi connectivity index (χ3n) is 9.57. The van der Waals surface area contributed by atoms with Gasteiger partial charge in [0.2, 0.25) is 11.7 Å². The number of fused-ring (bicyclic) bond motifs is 6. The van der Waals surface area contributed by atoms with Crippen molar-refractivity contribution >= 4 is 45.0 Å². The quantitative estimate of drug-likeness (QED) is 0.213. The molecule has 1 amide bonds. The van der Waals surface area contributed by atoms with Crippen LogP contribution in [0.2, 0.25) is 5.02 Å². The van der Waals surface area contributed by atoms with Gasteiger partial charge in [0.1, 0.15) is 0 Å². The Morgan fingerprint density at radius 1 is 1.15 bits per heavy atom. The fourth-order valence-corrected chi connectivity index (χ4v) is 7.60. The molecule has 1 fully saturated rings. The van der Waals surface area contributed by atoms with Gasteiger partial charge >= 0.3 is 0 Å². The van der Waals surface area contributed by atoms with Crippen LogP contribution in [-0.2, 0) is 4.79 Å². The number of nitrogens with zero attached hydrogens (tertiary/aromatic N) is 5. The number of carbonyl (C=O) groups is 1. The van der Waals surface area contributed by atoms with Crippen LogP contribution in [0.5, 0.6) is 5.75 Å². The Balaban J connectivity index is 1.62. The Hall–Kier alpha value is -4.70. The van der Waals surface area contributed by atoms with Gasteiger partial charge in [-0.25, -0.2) is 4.39 Å². The molecule has 2 unspecified atom stereocenters. The van der Waals surface area contributed by atoms with Gasteiger partial charge in [0.05, 0.1) is 52.0 Å². The number of amides is 1. The van der Waals surface area contributed by atoms with E-state index in [1.807, 2.05) is 52.8 Å². The molecule has 242 valence electrons. The Morgan fingerprint density at radius 3 is 2.68 bits per heavy atom. The standard InChI is InChI=1S/C36H36ClFN6O3/c1-7-27(45)42-17-22-11-13-47-35-34(43(22)16-21(42)6)23-14-25(37)29(28-19(4)8-9-26-24(28)15-40-41-26)30(38)33(23)44(36(35)46)32-20(5)10-12-39-31(32)18(2)3/h7-10,12,14-15,18,21-22H,1,11,13,16-17H2,2-6H3,(H,40,41). The van der Waals surface area contributed by atoms with Crippen LogP contribution in [0.1, 0.15) is 49.9 Å². The fraction of sp³-hybridized carbons (Fsp3) is 0.333. The molecule has 0 radical (unpaired) electrons. The molecule has 2 aliphatic rings. The zero-order valence-electron chi connectivity index (χ0n) is 27.0. The van der Waals surface area contributed by atoms with Crippen LogP contribution in [0.15, 0.2) is 54.1 Å². The van der Waals surface area contributed by atoms with Crippen molar-refractivity contribution in [2.45, 2.75) is 59.0 Å². The molecule has 0 spiro atoms. The maximum Gasteiger partial charge on any atom is 0.300 e. The molecule has 3 aromatic heterocycles. The average Bonchev–Trinajstić information content (AvgIpc) is 3.44. The molecule has 1 N–H and O–H groups in total. The number of hydrogen-bond donors (Lipinski definition) is 1. The molecular formula is C36H36ClFN6O3. The van der Waals surface area contributed by atoms with Crippen molar-refractivity contribution in [2.24, 2.45) is 0 Å². The van der Waals surface area contributed by atoms with Crippen molar-refractivity contribution in [3.05, 3.63) is 87.3 Å². The van der Waals surface area contributed by atoms with Crippen LogP contribution < -0.4 is 15.2 Å². The van der Waals surface area contributed by atoms with Crippen LogP contribution in [0.3, 0.4) is 0 Å². The van der Waals surface area contributed by atoms with E-state index in [-0.39, 0.29) is 52.4 Å². The Morgan fingerprint density at radius 2 is 1.94 bits per heavy atom. The minimum atomic E-state index is -0.628. The van der Waals surface area contributed by atoms with E-state index in [0.29, 0.717) is 47.5 Å². The van der Waals surface area contributed by atoms with Crippen molar-refractivity contribution in [2.75, 3.05) is 24.6 Å². The highest BCUT2D eigenvalue weighted by molar-refractivity contribution is 6.35. The summed E-state index contributed by atoms with van der Waals surface area (Å²) in [5.41, 5.74) is 4.38. The van der Waals surface area contributed by atoms with Gasteiger partial charge in [-0.2, -0.15) is 5.10 Å². The molecule has 2 atom stereocenters. The first kappa shape index (κ1) is 30.9. The van der Waals surface area contributed by atoms with E-state index in [2.05, 4.69) is 26.7 Å². The smallest absolute Gasteiger partial charge is 0.300 e. The zero-order valence-corrected chi connectivity index (χ0v) is 27.8. The highest BCUT2D eigenvalue weighted by atomic mass is 35.5. The molecule has 11 heteroatoms. The predicted octanol–water partition coefficient (Wildman–Crippen LogP) is 6.84. The second-order valence-electron chi connectivity index (χ2n) is 12.9. The summed E-state index contributed by atoms with van der Waals surface area (Å²) in [6, 6.07) is 6.99. The van der Waals surface area contributed by atoms with E-state index in [0.717, 1.165) is 22.0 Å². The van der Waals surface area contributed by atoms with E-state index in [4.69, 9.17) is 16.3 Å². The first-order valence-electron chi connectivity index (χ1n) is 15.9. The Kier molecular flexibility index (Phi) is 7.58. The van der Waals surface area contributed by atoms with Gasteiger partial charge in [-0.05, 0) is 62.1 Å². The van der Waals surface area contributed by atoms with Gasteiger partial charge < -0.3 is 14.5 Å². The largest absolute Gasteiger partial charge is 0.486 e. The Bertz CT molecular complexity index is 2170. The van der Waals surface area contributed by atoms with Gasteiger partial charge in [-0.3, -0.25) is 24.2 Å². The fourth-order valence-electron chi connectivity index (χ4n) is 7.32. The van der Waals surface area contributed by atoms with Crippen molar-refractivity contribution in [1.82, 2.24) is 24.6 Å². The minimum Gasteiger partial charge on any atom is -0.486 e. The number of rotatable bonds is 4. The number of nitrogens with one attached hydrogen (secondary N) is 1. The van der Waals surface area contributed by atoms with E-state index in [1.165, 1.54) is 10.6 Å². The minimum absolute atomic E-state index is 0.0657. The molecule has 2 aromatic carbocycles. The summed E-state index contributed by atoms with van der Waals surface area (Å²) in [7, 11) is 0. The predicted molar refractivity (Wildman–Crippen MR) is 184 cm³/mol. The van der Waals surface area contributed by atoms with Crippen molar-refractivity contribution in [3.8, 4) is 22.6 Å². The number of pyridine rings is 2. The summed E-state index contributed by atoms with van der Waals surface area (Å²) < 4.78 is 25.5. The third kappa shape index (κ3) is 4.72. The lowest BCUT2D eigenvalue weighted by Gasteiger charge is -2.45. The molecule has 0 aliphatic carbocycles. The summed E-state index contributed by atoms with van der Waals surface area (Å²) in [5.74, 6) is -0.718. The van der Waals surface area contributed by atoms with Gasteiger partial charge in [-0.15, -0.1) is 0 Å². The number of anilines is 1. The lowest BCUT2D eigenvalue weighted by Crippen LogP contribution is -2.59. The molecule has 47 heavy (non-hydrogen) atoms. The molecule has 5 aromatic rings. The monoisotopic (exact) mass is 654 g/mol. The first-order valence-corrected chi connectivity index (χ1v) is 16.2. The van der Waals surface area contributed by atoms with Crippen LogP contribution in [0, 0.1) is 19.7 Å². The van der Waals surface area contributed by atoms with E-state index in [1.54, 1.807) is 23.4 Å². The Labute approximate surface area is 276 Å². The molecule has 0 bridgehead atoms. The molecule has 0 saturated carbocycles. The van der Waals surface area contributed by atoms with E-state index >= 15 is 4.39 Å². The van der Waals surface area contributed by atoms with Gasteiger partial charge in [0.25, 0.3) is 5.56 Å². The van der Waals surface area contributed by atoms with Crippen molar-refractivity contribution < 1.29 is 13.9 Å². The second kappa shape index (κ2) is 11.5. The summed E-state index contributed by atoms with van der Waals surface area (Å²) in [6.07, 6.45) is 5.25. The van der Waals surface area contributed by atoms with Crippen LogP contribution >= 0.6 is 11.6 Å². The maximum atomic E-state index is 17.8. The van der Waals surface area contributed by atoms with Gasteiger partial charge in [0.15, 0.2) is 5.82 Å². The lowest BCUT2D eigenvalue weighted by atomic mass is 9.94. The SMILES string of the molecule is C=CC(=O)N1CC2CCOc3c(c4cc(Cl)c(-c5c(C)ccc6[nH]ncc56)c(F)c4n(-c4c(C)ccnc4C(C)C)c3=O)N2CC1C. The molecule has 1 saturated heterocycles. The van der Waals surface area contributed by atoms with Gasteiger partial charge in [-0.1, -0.05) is 38.1 Å². The highest BCUT2D eigenvalue weighted by Crippen LogP contribution is 2.47. The number of carbonyl (C=O) groups excluding carboxylic acids is 1. The summed E-state index contributed by atoms with van der Waals surface area (Å²) in [4.78, 5) is 36.2. The molecule has 5 heterocycles. The number of H-pyrrole nitrogens is 1. The number of halogens is 2. The summed E-state index contributed by atoms with van der Waals surface area (Å²) >= 11 is 7.11. The number of ether oxygens (including phenoxy) is 1. The third-order valence-corrected chi connectivity index (χ3v) is 9.87. The summed E-state index contributed by atoms with van der Waals surface area (Å²) in [5, 5.41) is 8.53. The molecule has 2 aliphatic heterocycles. The number of piperazine rings is 1. The van der Waals surface area contributed by atoms with Crippen LogP contribution in [0.25, 0.3) is 38.6 Å². The first-order chi connectivity index (χ1) is 22.5. The topological polar surface area (TPSA) is 96.3 Å². The van der Waals surface area contributed by atoms with Crippen molar-refractivity contribution in [1.29, 1.82) is 0 Å². The maximum absolute atomic E-state index is 17.8. The number of aromatic amines is 1. The second-order valence-corrected chi connectivity index (χ2v) is 13.3. The normalized spacial score (nSPS) is 17.9. The number of benzene rings is 2. The molecule has 7 rings (SSSR count). The number of aryl methyl sites for hydroxylation is 2.